The van der Waals surface area contributed by atoms with E-state index in [0.717, 1.165) is 42.1 Å². The van der Waals surface area contributed by atoms with Crippen LogP contribution in [-0.4, -0.2) is 55.6 Å². The second kappa shape index (κ2) is 9.91. The van der Waals surface area contributed by atoms with Crippen LogP contribution < -0.4 is 4.90 Å². The van der Waals surface area contributed by atoms with E-state index in [2.05, 4.69) is 0 Å². The molecule has 4 heterocycles. The molecule has 3 saturated heterocycles. The number of carbonyl (C=O) groups excluding carboxylic acids is 2. The van der Waals surface area contributed by atoms with Crippen molar-refractivity contribution in [3.63, 3.8) is 0 Å². The Hall–Kier alpha value is -3.03. The monoisotopic (exact) mass is 493 g/mol. The van der Waals surface area contributed by atoms with Crippen LogP contribution in [0.25, 0.3) is 0 Å². The number of benzene rings is 2. The van der Waals surface area contributed by atoms with Gasteiger partial charge in [0.1, 0.15) is 18.9 Å². The van der Waals surface area contributed by atoms with Gasteiger partial charge in [0.05, 0.1) is 18.0 Å². The number of esters is 1. The number of ketones is 1. The number of nitrogens with zero attached hydrogens (tertiary/aromatic N) is 2. The van der Waals surface area contributed by atoms with Crippen molar-refractivity contribution >= 4 is 28.8 Å². The Morgan fingerprint density at radius 3 is 2.43 bits per heavy atom. The molecule has 0 N–H and O–H groups in total. The number of halogens is 1. The van der Waals surface area contributed by atoms with Gasteiger partial charge in [0.2, 0.25) is 5.78 Å². The molecule has 0 radical (unpaired) electrons. The predicted molar refractivity (Wildman–Crippen MR) is 135 cm³/mol. The number of carbonyl (C=O) groups is 2. The highest BCUT2D eigenvalue weighted by molar-refractivity contribution is 7.12. The summed E-state index contributed by atoms with van der Waals surface area (Å²) in [5.74, 6) is -0.143. The minimum Gasteiger partial charge on any atom is -0.454 e. The largest absolute Gasteiger partial charge is 0.454 e. The third kappa shape index (κ3) is 5.02. The molecule has 3 fully saturated rings. The summed E-state index contributed by atoms with van der Waals surface area (Å²) in [6.45, 7) is 3.04. The van der Waals surface area contributed by atoms with Gasteiger partial charge in [0, 0.05) is 31.5 Å². The molecule has 2 aromatic carbocycles. The summed E-state index contributed by atoms with van der Waals surface area (Å²) >= 11 is 1.48. The topological polar surface area (TPSA) is 46.6 Å². The zero-order valence-corrected chi connectivity index (χ0v) is 20.6. The molecule has 182 valence electrons. The number of hydrogen-bond acceptors (Lipinski definition) is 5. The minimum absolute atomic E-state index is 0.170. The summed E-state index contributed by atoms with van der Waals surface area (Å²) in [5.41, 5.74) is 1.55. The van der Waals surface area contributed by atoms with Gasteiger partial charge in [-0.1, -0.05) is 36.4 Å². The zero-order valence-electron chi connectivity index (χ0n) is 19.8. The van der Waals surface area contributed by atoms with Crippen molar-refractivity contribution in [2.45, 2.75) is 25.0 Å². The lowest BCUT2D eigenvalue weighted by Crippen LogP contribution is -2.65. The molecule has 3 aromatic rings. The van der Waals surface area contributed by atoms with E-state index in [-0.39, 0.29) is 23.7 Å². The van der Waals surface area contributed by atoms with Crippen LogP contribution in [0.3, 0.4) is 0 Å². The van der Waals surface area contributed by atoms with Gasteiger partial charge >= 0.3 is 5.97 Å². The summed E-state index contributed by atoms with van der Waals surface area (Å²) in [7, 11) is 1.83. The second-order valence-electron chi connectivity index (χ2n) is 9.74. The van der Waals surface area contributed by atoms with Gasteiger partial charge in [0.15, 0.2) is 12.1 Å². The Bertz CT molecular complexity index is 1160. The van der Waals surface area contributed by atoms with Crippen LogP contribution in [0.15, 0.2) is 72.1 Å². The van der Waals surface area contributed by atoms with E-state index < -0.39 is 6.04 Å². The maximum Gasteiger partial charge on any atom is 0.333 e. The first-order valence-electron chi connectivity index (χ1n) is 12.1. The molecule has 0 saturated carbocycles. The Kier molecular flexibility index (Phi) is 6.71. The van der Waals surface area contributed by atoms with E-state index in [4.69, 9.17) is 4.74 Å². The van der Waals surface area contributed by atoms with Crippen LogP contribution in [0.5, 0.6) is 0 Å². The van der Waals surface area contributed by atoms with E-state index in [1.807, 2.05) is 59.8 Å². The molecule has 35 heavy (non-hydrogen) atoms. The van der Waals surface area contributed by atoms with Crippen molar-refractivity contribution in [2.24, 2.45) is 5.92 Å². The molecular weight excluding hydrogens is 463 g/mol. The molecule has 6 rings (SSSR count). The molecule has 3 aliphatic heterocycles. The smallest absolute Gasteiger partial charge is 0.333 e. The zero-order chi connectivity index (χ0) is 24.4. The molecule has 0 spiro atoms. The Balaban J connectivity index is 1.35. The number of piperidine rings is 3. The number of fused-ring (bicyclic) bond motifs is 3. The average Bonchev–Trinajstić information content (AvgIpc) is 3.41. The molecule has 0 aliphatic carbocycles. The van der Waals surface area contributed by atoms with Crippen LogP contribution in [0, 0.1) is 11.7 Å². The van der Waals surface area contributed by atoms with Crippen molar-refractivity contribution in [3.05, 3.63) is 88.4 Å². The fourth-order valence-corrected chi connectivity index (χ4v) is 6.25. The maximum absolute atomic E-state index is 13.7. The summed E-state index contributed by atoms with van der Waals surface area (Å²) in [6.07, 6.45) is 1.70. The Labute approximate surface area is 209 Å². The number of thiophene rings is 1. The lowest BCUT2D eigenvalue weighted by Gasteiger charge is -2.51. The summed E-state index contributed by atoms with van der Waals surface area (Å²) in [5, 5.41) is 1.93. The van der Waals surface area contributed by atoms with Gasteiger partial charge in [0.25, 0.3) is 0 Å². The highest BCUT2D eigenvalue weighted by atomic mass is 32.1. The van der Waals surface area contributed by atoms with Crippen molar-refractivity contribution in [2.75, 3.05) is 38.1 Å². The summed E-state index contributed by atoms with van der Waals surface area (Å²) in [6, 6.07) is 18.8. The van der Waals surface area contributed by atoms with Gasteiger partial charge < -0.3 is 14.1 Å². The number of likely N-dealkylation sites (N-methyl/N-ethyl adjacent to an activating group) is 1. The highest BCUT2D eigenvalue weighted by Gasteiger charge is 2.49. The standard InChI is InChI=1S/C28H30FN2O3S/c1-30(23-11-9-22(29)10-12-23)27(21-6-3-2-4-7-21)28(33)34-25-19-31(15-13-20(25)14-16-31)18-24(32)26-8-5-17-35-26/h2-12,17,20,25,27H,13-16,18-19H2,1H3/q+1/t20?,25-,27?,31?/m0/s1. The molecule has 3 aliphatic rings. The van der Waals surface area contributed by atoms with Gasteiger partial charge in [-0.15, -0.1) is 11.3 Å². The highest BCUT2D eigenvalue weighted by Crippen LogP contribution is 2.37. The first-order chi connectivity index (χ1) is 16.9. The summed E-state index contributed by atoms with van der Waals surface area (Å²) in [4.78, 5) is 29.2. The van der Waals surface area contributed by atoms with Gasteiger partial charge in [-0.2, -0.15) is 0 Å². The molecule has 0 amide bonds. The fourth-order valence-electron chi connectivity index (χ4n) is 5.59. The number of rotatable bonds is 8. The Morgan fingerprint density at radius 2 is 1.77 bits per heavy atom. The van der Waals surface area contributed by atoms with Crippen molar-refractivity contribution in [1.82, 2.24) is 0 Å². The molecule has 2 bridgehead atoms. The van der Waals surface area contributed by atoms with Crippen molar-refractivity contribution < 1.29 is 23.2 Å². The number of anilines is 1. The molecular formula is C28H30FN2O3S+. The minimum atomic E-state index is -0.654. The van der Waals surface area contributed by atoms with Crippen molar-refractivity contribution in [3.8, 4) is 0 Å². The normalized spacial score (nSPS) is 24.1. The third-order valence-electron chi connectivity index (χ3n) is 7.54. The number of quaternary nitrogens is 1. The molecule has 7 heteroatoms. The number of Topliss-reactive ketones (excluding diaryl/α,β-unsaturated/α-hetero) is 1. The quantitative estimate of drug-likeness (QED) is 0.249. The van der Waals surface area contributed by atoms with E-state index in [1.165, 1.54) is 23.5 Å². The van der Waals surface area contributed by atoms with Crippen LogP contribution in [0.2, 0.25) is 0 Å². The molecule has 1 unspecified atom stereocenters. The molecule has 2 atom stereocenters. The van der Waals surface area contributed by atoms with E-state index in [0.29, 0.717) is 23.5 Å². The first-order valence-corrected chi connectivity index (χ1v) is 13.0. The van der Waals surface area contributed by atoms with Gasteiger partial charge in [-0.05, 0) is 41.3 Å². The van der Waals surface area contributed by atoms with E-state index in [1.54, 1.807) is 12.1 Å². The molecule has 5 nitrogen and oxygen atoms in total. The predicted octanol–water partition coefficient (Wildman–Crippen LogP) is 5.10. The van der Waals surface area contributed by atoms with Crippen LogP contribution >= 0.6 is 11.3 Å². The van der Waals surface area contributed by atoms with E-state index >= 15 is 0 Å². The SMILES string of the molecule is CN(c1ccc(F)cc1)C(C(=O)O[C@H]1C[N+]2(CC(=O)c3cccs3)CCC1CC2)c1ccccc1. The number of ether oxygens (including phenoxy) is 1. The number of hydrogen-bond donors (Lipinski definition) is 0. The van der Waals surface area contributed by atoms with Gasteiger partial charge in [-0.25, -0.2) is 9.18 Å². The Morgan fingerprint density at radius 1 is 1.06 bits per heavy atom. The van der Waals surface area contributed by atoms with Crippen LogP contribution in [0.4, 0.5) is 10.1 Å². The van der Waals surface area contributed by atoms with E-state index in [9.17, 15) is 14.0 Å². The van der Waals surface area contributed by atoms with Crippen molar-refractivity contribution in [1.29, 1.82) is 0 Å². The van der Waals surface area contributed by atoms with Gasteiger partial charge in [-0.3, -0.25) is 4.79 Å². The van der Waals surface area contributed by atoms with Crippen LogP contribution in [0.1, 0.15) is 34.1 Å². The lowest BCUT2D eigenvalue weighted by molar-refractivity contribution is -0.938. The van der Waals surface area contributed by atoms with Crippen LogP contribution in [-0.2, 0) is 9.53 Å². The average molecular weight is 494 g/mol. The lowest BCUT2D eigenvalue weighted by atomic mass is 9.83. The molecule has 1 aromatic heterocycles. The first kappa shape index (κ1) is 23.7. The second-order valence-corrected chi connectivity index (χ2v) is 10.7. The maximum atomic E-state index is 13.7. The summed E-state index contributed by atoms with van der Waals surface area (Å²) < 4.78 is 20.4. The fraction of sp³-hybridized carbons (Fsp3) is 0.357. The third-order valence-corrected chi connectivity index (χ3v) is 8.45.